The average Bonchev–Trinajstić information content (AvgIpc) is 3.45. The molecule has 0 radical (unpaired) electrons. The Hall–Kier alpha value is -1.46. The number of rotatable bonds is 5. The molecule has 2 atom stereocenters. The van der Waals surface area contributed by atoms with Gasteiger partial charge in [0.1, 0.15) is 0 Å². The summed E-state index contributed by atoms with van der Waals surface area (Å²) in [6, 6.07) is 4.07. The highest BCUT2D eigenvalue weighted by atomic mass is 16.5. The number of amides is 1. The van der Waals surface area contributed by atoms with Gasteiger partial charge in [-0.05, 0) is 49.7 Å². The zero-order chi connectivity index (χ0) is 16.4. The van der Waals surface area contributed by atoms with Gasteiger partial charge >= 0.3 is 0 Å². The van der Waals surface area contributed by atoms with Gasteiger partial charge in [0.15, 0.2) is 0 Å². The molecule has 0 bridgehead atoms. The van der Waals surface area contributed by atoms with E-state index in [1.807, 2.05) is 11.0 Å². The number of hydrogen-bond donors (Lipinski definition) is 0. The van der Waals surface area contributed by atoms with E-state index in [-0.39, 0.29) is 17.9 Å². The van der Waals surface area contributed by atoms with Crippen LogP contribution in [-0.2, 0) is 20.7 Å². The lowest BCUT2D eigenvalue weighted by molar-refractivity contribution is -0.143. The van der Waals surface area contributed by atoms with Crippen molar-refractivity contribution >= 4 is 5.91 Å². The molecule has 1 aliphatic heterocycles. The van der Waals surface area contributed by atoms with Crippen molar-refractivity contribution in [1.29, 1.82) is 0 Å². The second kappa shape index (κ2) is 7.19. The SMILES string of the molecule is O=C(C1CCCc2cccnc21)N1CCOC(COCC2CC2)C1. The topological polar surface area (TPSA) is 51.7 Å². The van der Waals surface area contributed by atoms with E-state index in [0.717, 1.165) is 37.5 Å². The maximum Gasteiger partial charge on any atom is 0.231 e. The first-order valence-corrected chi connectivity index (χ1v) is 9.23. The van der Waals surface area contributed by atoms with Gasteiger partial charge in [-0.2, -0.15) is 0 Å². The Labute approximate surface area is 143 Å². The van der Waals surface area contributed by atoms with Crippen LogP contribution in [0.15, 0.2) is 18.3 Å². The summed E-state index contributed by atoms with van der Waals surface area (Å²) < 4.78 is 11.5. The lowest BCUT2D eigenvalue weighted by Crippen LogP contribution is -2.49. The van der Waals surface area contributed by atoms with Gasteiger partial charge in [0, 0.05) is 25.9 Å². The van der Waals surface area contributed by atoms with Gasteiger partial charge in [0.25, 0.3) is 0 Å². The molecule has 4 rings (SSSR count). The summed E-state index contributed by atoms with van der Waals surface area (Å²) in [6.07, 6.45) is 7.41. The van der Waals surface area contributed by atoms with Crippen molar-refractivity contribution in [3.05, 3.63) is 29.6 Å². The molecule has 1 aromatic heterocycles. The smallest absolute Gasteiger partial charge is 0.231 e. The molecular weight excluding hydrogens is 304 g/mol. The molecule has 0 spiro atoms. The third-order valence-electron chi connectivity index (χ3n) is 5.30. The van der Waals surface area contributed by atoms with Crippen LogP contribution < -0.4 is 0 Å². The fraction of sp³-hybridized carbons (Fsp3) is 0.684. The van der Waals surface area contributed by atoms with Crippen LogP contribution >= 0.6 is 0 Å². The lowest BCUT2D eigenvalue weighted by atomic mass is 9.85. The monoisotopic (exact) mass is 330 g/mol. The molecule has 0 aromatic carbocycles. The fourth-order valence-electron chi connectivity index (χ4n) is 3.74. The molecule has 2 heterocycles. The molecule has 0 N–H and O–H groups in total. The van der Waals surface area contributed by atoms with Crippen molar-refractivity contribution in [2.24, 2.45) is 5.92 Å². The maximum absolute atomic E-state index is 13.0. The minimum Gasteiger partial charge on any atom is -0.378 e. The molecule has 2 aliphatic carbocycles. The molecule has 2 fully saturated rings. The van der Waals surface area contributed by atoms with E-state index in [9.17, 15) is 4.79 Å². The summed E-state index contributed by atoms with van der Waals surface area (Å²) in [6.45, 7) is 3.36. The van der Waals surface area contributed by atoms with E-state index in [0.29, 0.717) is 26.3 Å². The number of pyridine rings is 1. The van der Waals surface area contributed by atoms with Crippen molar-refractivity contribution in [3.63, 3.8) is 0 Å². The number of aromatic nitrogens is 1. The van der Waals surface area contributed by atoms with Crippen molar-refractivity contribution in [2.75, 3.05) is 32.9 Å². The van der Waals surface area contributed by atoms with E-state index in [1.54, 1.807) is 6.20 Å². The molecule has 1 amide bonds. The number of ether oxygens (including phenoxy) is 2. The second-order valence-corrected chi connectivity index (χ2v) is 7.25. The standard InChI is InChI=1S/C19H26N2O3/c22-19(17-5-1-3-15-4-2-8-20-18(15)17)21-9-10-24-16(11-21)13-23-12-14-6-7-14/h2,4,8,14,16-17H,1,3,5-7,9-13H2. The number of carbonyl (C=O) groups is 1. The van der Waals surface area contributed by atoms with Gasteiger partial charge in [0.2, 0.25) is 5.91 Å². The number of aryl methyl sites for hydroxylation is 1. The van der Waals surface area contributed by atoms with Crippen molar-refractivity contribution in [1.82, 2.24) is 9.88 Å². The predicted octanol–water partition coefficient (Wildman–Crippen LogP) is 2.16. The van der Waals surface area contributed by atoms with Gasteiger partial charge in [-0.15, -0.1) is 0 Å². The van der Waals surface area contributed by atoms with E-state index < -0.39 is 0 Å². The summed E-state index contributed by atoms with van der Waals surface area (Å²) in [5.41, 5.74) is 2.22. The van der Waals surface area contributed by atoms with E-state index >= 15 is 0 Å². The minimum atomic E-state index is -0.0823. The van der Waals surface area contributed by atoms with E-state index in [1.165, 1.54) is 18.4 Å². The summed E-state index contributed by atoms with van der Waals surface area (Å²) in [5.74, 6) is 0.891. The minimum absolute atomic E-state index is 0.00763. The van der Waals surface area contributed by atoms with Crippen molar-refractivity contribution in [3.8, 4) is 0 Å². The second-order valence-electron chi connectivity index (χ2n) is 7.25. The Morgan fingerprint density at radius 2 is 2.25 bits per heavy atom. The Kier molecular flexibility index (Phi) is 4.81. The highest BCUT2D eigenvalue weighted by Gasteiger charge is 2.34. The first-order chi connectivity index (χ1) is 11.8. The van der Waals surface area contributed by atoms with Crippen LogP contribution in [0.3, 0.4) is 0 Å². The highest BCUT2D eigenvalue weighted by Crippen LogP contribution is 2.32. The predicted molar refractivity (Wildman–Crippen MR) is 89.8 cm³/mol. The van der Waals surface area contributed by atoms with Crippen LogP contribution in [0, 0.1) is 5.92 Å². The Balaban J connectivity index is 1.37. The maximum atomic E-state index is 13.0. The van der Waals surface area contributed by atoms with E-state index in [2.05, 4.69) is 11.1 Å². The third kappa shape index (κ3) is 3.62. The normalized spacial score (nSPS) is 26.9. The first-order valence-electron chi connectivity index (χ1n) is 9.23. The number of morpholine rings is 1. The average molecular weight is 330 g/mol. The van der Waals surface area contributed by atoms with Crippen LogP contribution in [-0.4, -0.2) is 54.8 Å². The molecule has 5 heteroatoms. The largest absolute Gasteiger partial charge is 0.378 e. The molecular formula is C19H26N2O3. The van der Waals surface area contributed by atoms with Crippen LogP contribution in [0.5, 0.6) is 0 Å². The first kappa shape index (κ1) is 16.0. The Morgan fingerprint density at radius 1 is 1.33 bits per heavy atom. The molecule has 24 heavy (non-hydrogen) atoms. The molecule has 2 unspecified atom stereocenters. The van der Waals surface area contributed by atoms with E-state index in [4.69, 9.17) is 9.47 Å². The molecule has 5 nitrogen and oxygen atoms in total. The van der Waals surface area contributed by atoms with Crippen LogP contribution in [0.1, 0.15) is 42.9 Å². The van der Waals surface area contributed by atoms with Gasteiger partial charge in [-0.3, -0.25) is 9.78 Å². The number of hydrogen-bond acceptors (Lipinski definition) is 4. The number of nitrogens with zero attached hydrogens (tertiary/aromatic N) is 2. The quantitative estimate of drug-likeness (QED) is 0.830. The van der Waals surface area contributed by atoms with Gasteiger partial charge in [-0.1, -0.05) is 6.07 Å². The Morgan fingerprint density at radius 3 is 3.12 bits per heavy atom. The molecule has 1 saturated heterocycles. The Bertz CT molecular complexity index is 588. The van der Waals surface area contributed by atoms with Crippen LogP contribution in [0.25, 0.3) is 0 Å². The summed E-state index contributed by atoms with van der Waals surface area (Å²) in [5, 5.41) is 0. The zero-order valence-electron chi connectivity index (χ0n) is 14.2. The van der Waals surface area contributed by atoms with Crippen molar-refractivity contribution < 1.29 is 14.3 Å². The van der Waals surface area contributed by atoms with Gasteiger partial charge < -0.3 is 14.4 Å². The van der Waals surface area contributed by atoms with Gasteiger partial charge in [0.05, 0.1) is 30.9 Å². The fourth-order valence-corrected chi connectivity index (χ4v) is 3.74. The third-order valence-corrected chi connectivity index (χ3v) is 5.30. The number of fused-ring (bicyclic) bond motifs is 1. The zero-order valence-corrected chi connectivity index (χ0v) is 14.2. The van der Waals surface area contributed by atoms with Crippen LogP contribution in [0.4, 0.5) is 0 Å². The summed E-state index contributed by atoms with van der Waals surface area (Å²) in [7, 11) is 0. The molecule has 1 saturated carbocycles. The van der Waals surface area contributed by atoms with Gasteiger partial charge in [-0.25, -0.2) is 0 Å². The lowest BCUT2D eigenvalue weighted by Gasteiger charge is -2.36. The van der Waals surface area contributed by atoms with Crippen LogP contribution in [0.2, 0.25) is 0 Å². The molecule has 130 valence electrons. The highest BCUT2D eigenvalue weighted by molar-refractivity contribution is 5.84. The summed E-state index contributed by atoms with van der Waals surface area (Å²) in [4.78, 5) is 19.5. The molecule has 3 aliphatic rings. The summed E-state index contributed by atoms with van der Waals surface area (Å²) >= 11 is 0. The number of carbonyl (C=O) groups excluding carboxylic acids is 1. The van der Waals surface area contributed by atoms with Crippen molar-refractivity contribution in [2.45, 2.75) is 44.1 Å². The molecule has 1 aromatic rings.